The maximum Gasteiger partial charge on any atom is 0.259 e. The Morgan fingerprint density at radius 2 is 1.96 bits per heavy atom. The molecule has 0 fully saturated rings. The molecule has 128 valence electrons. The van der Waals surface area contributed by atoms with Crippen molar-refractivity contribution in [3.05, 3.63) is 54.5 Å². The minimum absolute atomic E-state index is 0.421. The Labute approximate surface area is 149 Å². The first kappa shape index (κ1) is 14.8. The van der Waals surface area contributed by atoms with Crippen molar-refractivity contribution in [1.29, 1.82) is 0 Å². The number of hydrogen-bond acceptors (Lipinski definition) is 6. The topological polar surface area (TPSA) is 78.9 Å². The summed E-state index contributed by atoms with van der Waals surface area (Å²) in [5, 5.41) is 8.31. The van der Waals surface area contributed by atoms with Crippen LogP contribution in [0.5, 0.6) is 5.75 Å². The molecule has 7 heteroatoms. The summed E-state index contributed by atoms with van der Waals surface area (Å²) in [4.78, 5) is 8.78. The highest BCUT2D eigenvalue weighted by molar-refractivity contribution is 5.70. The molecule has 0 atom stereocenters. The van der Waals surface area contributed by atoms with Crippen molar-refractivity contribution in [2.24, 2.45) is 7.05 Å². The molecule has 0 amide bonds. The molecule has 0 saturated heterocycles. The van der Waals surface area contributed by atoms with E-state index >= 15 is 0 Å². The van der Waals surface area contributed by atoms with E-state index in [4.69, 9.17) is 9.26 Å². The van der Waals surface area contributed by atoms with Gasteiger partial charge in [-0.2, -0.15) is 10.1 Å². The highest BCUT2D eigenvalue weighted by atomic mass is 16.5. The molecule has 1 aliphatic heterocycles. The molecule has 1 aromatic carbocycles. The summed E-state index contributed by atoms with van der Waals surface area (Å²) in [5.41, 5.74) is 4.75. The Hall–Kier alpha value is -3.48. The van der Waals surface area contributed by atoms with Crippen LogP contribution < -0.4 is 4.74 Å². The van der Waals surface area contributed by atoms with E-state index in [0.717, 1.165) is 35.5 Å². The molecule has 7 nitrogen and oxygen atoms in total. The molecule has 26 heavy (non-hydrogen) atoms. The van der Waals surface area contributed by atoms with Crippen LogP contribution in [0.1, 0.15) is 5.56 Å². The van der Waals surface area contributed by atoms with Crippen molar-refractivity contribution in [2.45, 2.75) is 6.42 Å². The van der Waals surface area contributed by atoms with Crippen LogP contribution in [0.25, 0.3) is 34.1 Å². The molecular weight excluding hydrogens is 330 g/mol. The lowest BCUT2D eigenvalue weighted by Crippen LogP contribution is -1.89. The normalized spacial score (nSPS) is 12.8. The summed E-state index contributed by atoms with van der Waals surface area (Å²) in [6, 6.07) is 10.0. The Balaban J connectivity index is 1.49. The van der Waals surface area contributed by atoms with E-state index in [1.165, 1.54) is 5.56 Å². The average Bonchev–Trinajstić information content (AvgIpc) is 3.41. The van der Waals surface area contributed by atoms with Gasteiger partial charge in [-0.05, 0) is 35.4 Å². The SMILES string of the molecule is Cn1ccc(-c2noc(-c3cncc(-c4ccc5c(c4)CCO5)c3)n2)n1. The summed E-state index contributed by atoms with van der Waals surface area (Å²) >= 11 is 0. The molecule has 0 bridgehead atoms. The van der Waals surface area contributed by atoms with Crippen LogP contribution in [0.4, 0.5) is 0 Å². The summed E-state index contributed by atoms with van der Waals surface area (Å²) in [6.45, 7) is 0.745. The van der Waals surface area contributed by atoms with E-state index in [0.29, 0.717) is 17.4 Å². The fourth-order valence-electron chi connectivity index (χ4n) is 3.06. The number of pyridine rings is 1. The van der Waals surface area contributed by atoms with E-state index in [9.17, 15) is 0 Å². The van der Waals surface area contributed by atoms with Crippen molar-refractivity contribution in [3.63, 3.8) is 0 Å². The number of rotatable bonds is 3. The minimum Gasteiger partial charge on any atom is -0.493 e. The molecule has 4 aromatic rings. The second-order valence-corrected chi connectivity index (χ2v) is 6.18. The first-order valence-corrected chi connectivity index (χ1v) is 8.31. The summed E-state index contributed by atoms with van der Waals surface area (Å²) < 4.78 is 12.7. The van der Waals surface area contributed by atoms with Gasteiger partial charge in [0.15, 0.2) is 0 Å². The summed E-state index contributed by atoms with van der Waals surface area (Å²) in [5.74, 6) is 1.85. The van der Waals surface area contributed by atoms with Gasteiger partial charge in [0.2, 0.25) is 5.82 Å². The second-order valence-electron chi connectivity index (χ2n) is 6.18. The van der Waals surface area contributed by atoms with Crippen LogP contribution in [0.2, 0.25) is 0 Å². The molecule has 0 aliphatic carbocycles. The third kappa shape index (κ3) is 2.54. The smallest absolute Gasteiger partial charge is 0.259 e. The van der Waals surface area contributed by atoms with Gasteiger partial charge >= 0.3 is 0 Å². The quantitative estimate of drug-likeness (QED) is 0.567. The van der Waals surface area contributed by atoms with Crippen LogP contribution in [-0.2, 0) is 13.5 Å². The van der Waals surface area contributed by atoms with Crippen LogP contribution in [0.15, 0.2) is 53.4 Å². The molecule has 0 radical (unpaired) electrons. The maximum absolute atomic E-state index is 5.57. The Morgan fingerprint density at radius 1 is 1.04 bits per heavy atom. The van der Waals surface area contributed by atoms with Crippen molar-refractivity contribution in [1.82, 2.24) is 24.9 Å². The average molecular weight is 345 g/mol. The molecule has 1 aliphatic rings. The molecular formula is C19H15N5O2. The third-order valence-corrected chi connectivity index (χ3v) is 4.38. The fraction of sp³-hybridized carbons (Fsp3) is 0.158. The Bertz CT molecular complexity index is 1100. The standard InChI is InChI=1S/C19H15N5O2/c1-24-6-4-16(22-24)18-21-19(26-23-18)15-9-14(10-20-11-15)12-2-3-17-13(8-12)5-7-25-17/h2-4,6,8-11H,5,7H2,1H3. The number of hydrogen-bond donors (Lipinski definition) is 0. The number of ether oxygens (including phenoxy) is 1. The van der Waals surface area contributed by atoms with Gasteiger partial charge in [-0.1, -0.05) is 11.2 Å². The lowest BCUT2D eigenvalue weighted by molar-refractivity contribution is 0.357. The van der Waals surface area contributed by atoms with E-state index in [2.05, 4.69) is 26.3 Å². The molecule has 3 aromatic heterocycles. The lowest BCUT2D eigenvalue weighted by atomic mass is 10.0. The lowest BCUT2D eigenvalue weighted by Gasteiger charge is -2.05. The van der Waals surface area contributed by atoms with Crippen molar-refractivity contribution >= 4 is 0 Å². The van der Waals surface area contributed by atoms with E-state index in [-0.39, 0.29) is 0 Å². The molecule has 0 N–H and O–H groups in total. The molecule has 0 saturated carbocycles. The monoisotopic (exact) mass is 345 g/mol. The first-order valence-electron chi connectivity index (χ1n) is 8.31. The Kier molecular flexibility index (Phi) is 3.31. The van der Waals surface area contributed by atoms with E-state index in [1.807, 2.05) is 43.7 Å². The zero-order valence-corrected chi connectivity index (χ0v) is 14.1. The molecule has 0 unspecified atom stereocenters. The highest BCUT2D eigenvalue weighted by Gasteiger charge is 2.15. The predicted octanol–water partition coefficient (Wildman–Crippen LogP) is 3.13. The van der Waals surface area contributed by atoms with Gasteiger partial charge in [0.1, 0.15) is 11.4 Å². The summed E-state index contributed by atoms with van der Waals surface area (Å²) in [6.07, 6.45) is 6.32. The number of nitrogens with zero attached hydrogens (tertiary/aromatic N) is 5. The fourth-order valence-corrected chi connectivity index (χ4v) is 3.06. The molecule has 0 spiro atoms. The van der Waals surface area contributed by atoms with Gasteiger partial charge in [0.05, 0.1) is 12.2 Å². The van der Waals surface area contributed by atoms with Gasteiger partial charge in [0, 0.05) is 37.6 Å². The predicted molar refractivity (Wildman–Crippen MR) is 94.4 cm³/mol. The maximum atomic E-state index is 5.57. The van der Waals surface area contributed by atoms with Gasteiger partial charge in [0.25, 0.3) is 5.89 Å². The largest absolute Gasteiger partial charge is 0.493 e. The third-order valence-electron chi connectivity index (χ3n) is 4.38. The second kappa shape index (κ2) is 5.80. The van der Waals surface area contributed by atoms with Crippen molar-refractivity contribution in [3.8, 4) is 39.8 Å². The van der Waals surface area contributed by atoms with Gasteiger partial charge < -0.3 is 9.26 Å². The van der Waals surface area contributed by atoms with E-state index < -0.39 is 0 Å². The first-order chi connectivity index (χ1) is 12.8. The minimum atomic E-state index is 0.421. The van der Waals surface area contributed by atoms with Gasteiger partial charge in [-0.3, -0.25) is 9.67 Å². The zero-order chi connectivity index (χ0) is 17.5. The number of aromatic nitrogens is 5. The number of fused-ring (bicyclic) bond motifs is 1. The number of benzene rings is 1. The zero-order valence-electron chi connectivity index (χ0n) is 14.1. The molecule has 4 heterocycles. The van der Waals surface area contributed by atoms with Gasteiger partial charge in [-0.25, -0.2) is 0 Å². The van der Waals surface area contributed by atoms with Crippen LogP contribution in [0, 0.1) is 0 Å². The Morgan fingerprint density at radius 3 is 2.85 bits per heavy atom. The van der Waals surface area contributed by atoms with Crippen LogP contribution in [0.3, 0.4) is 0 Å². The number of aryl methyl sites for hydroxylation is 1. The van der Waals surface area contributed by atoms with E-state index in [1.54, 1.807) is 10.9 Å². The van der Waals surface area contributed by atoms with Crippen LogP contribution in [-0.4, -0.2) is 31.5 Å². The van der Waals surface area contributed by atoms with Crippen molar-refractivity contribution < 1.29 is 9.26 Å². The highest BCUT2D eigenvalue weighted by Crippen LogP contribution is 2.31. The van der Waals surface area contributed by atoms with Crippen LogP contribution >= 0.6 is 0 Å². The summed E-state index contributed by atoms with van der Waals surface area (Å²) in [7, 11) is 1.85. The van der Waals surface area contributed by atoms with Crippen molar-refractivity contribution in [2.75, 3.05) is 6.61 Å². The molecule has 5 rings (SSSR count). The van der Waals surface area contributed by atoms with Gasteiger partial charge in [-0.15, -0.1) is 0 Å².